The highest BCUT2D eigenvalue weighted by Crippen LogP contribution is 2.30. The summed E-state index contributed by atoms with van der Waals surface area (Å²) in [5.41, 5.74) is 0.629. The molecule has 0 aliphatic heterocycles. The molecule has 0 amide bonds. The van der Waals surface area contributed by atoms with Gasteiger partial charge >= 0.3 is 0 Å². The maximum Gasteiger partial charge on any atom is 0.244 e. The van der Waals surface area contributed by atoms with Gasteiger partial charge in [-0.2, -0.15) is 5.10 Å². The van der Waals surface area contributed by atoms with Crippen molar-refractivity contribution in [1.29, 1.82) is 0 Å². The monoisotopic (exact) mass is 315 g/mol. The zero-order chi connectivity index (χ0) is 15.5. The van der Waals surface area contributed by atoms with Crippen LogP contribution in [0, 0.1) is 18.8 Å². The van der Waals surface area contributed by atoms with E-state index in [4.69, 9.17) is 0 Å². The van der Waals surface area contributed by atoms with Gasteiger partial charge in [0.15, 0.2) is 0 Å². The molecule has 2 unspecified atom stereocenters. The molecule has 1 saturated carbocycles. The maximum absolute atomic E-state index is 12.3. The van der Waals surface area contributed by atoms with Crippen molar-refractivity contribution in [1.82, 2.24) is 14.9 Å². The molecule has 1 aromatic rings. The predicted octanol–water partition coefficient (Wildman–Crippen LogP) is 1.71. The van der Waals surface area contributed by atoms with E-state index in [2.05, 4.69) is 21.8 Å². The van der Waals surface area contributed by atoms with Crippen LogP contribution in [0.15, 0.2) is 4.90 Å². The summed E-state index contributed by atoms with van der Waals surface area (Å²) in [5, 5.41) is 15.6. The number of aryl methyl sites for hydroxylation is 1. The van der Waals surface area contributed by atoms with Crippen molar-refractivity contribution in [3.8, 4) is 0 Å². The number of rotatable bonds is 6. The van der Waals surface area contributed by atoms with Crippen molar-refractivity contribution in [3.05, 3.63) is 11.4 Å². The summed E-state index contributed by atoms with van der Waals surface area (Å²) in [6, 6.07) is 0. The van der Waals surface area contributed by atoms with E-state index in [1.165, 1.54) is 25.7 Å². The molecule has 0 spiro atoms. The van der Waals surface area contributed by atoms with Crippen molar-refractivity contribution in [2.24, 2.45) is 11.8 Å². The second-order valence-corrected chi connectivity index (χ2v) is 7.81. The molecule has 7 heteroatoms. The Bertz CT molecular complexity index is 568. The highest BCUT2D eigenvalue weighted by Gasteiger charge is 2.24. The molecule has 6 nitrogen and oxygen atoms in total. The summed E-state index contributed by atoms with van der Waals surface area (Å²) in [7, 11) is -3.61. The van der Waals surface area contributed by atoms with Crippen molar-refractivity contribution in [2.45, 2.75) is 57.5 Å². The molecule has 3 N–H and O–H groups in total. The van der Waals surface area contributed by atoms with Gasteiger partial charge in [-0.25, -0.2) is 13.1 Å². The van der Waals surface area contributed by atoms with Crippen LogP contribution in [0.2, 0.25) is 0 Å². The van der Waals surface area contributed by atoms with Gasteiger partial charge < -0.3 is 5.11 Å². The Labute approximate surface area is 126 Å². The lowest BCUT2D eigenvalue weighted by molar-refractivity contribution is 0.270. The van der Waals surface area contributed by atoms with E-state index in [-0.39, 0.29) is 17.2 Å². The average Bonchev–Trinajstić information content (AvgIpc) is 2.80. The molecule has 21 heavy (non-hydrogen) atoms. The van der Waals surface area contributed by atoms with Gasteiger partial charge in [-0.1, -0.05) is 26.2 Å². The Morgan fingerprint density at radius 3 is 2.86 bits per heavy atom. The quantitative estimate of drug-likeness (QED) is 0.744. The lowest BCUT2D eigenvalue weighted by Crippen LogP contribution is -2.28. The van der Waals surface area contributed by atoms with E-state index in [9.17, 15) is 13.5 Å². The second-order valence-electron chi connectivity index (χ2n) is 6.11. The lowest BCUT2D eigenvalue weighted by atomic mass is 9.81. The standard InChI is InChI=1S/C14H25N3O3S/c1-10-4-3-5-12(8-10)6-7-15-21(19,20)14-11(2)16-17-13(14)9-18/h10,12,15,18H,3-9H2,1-2H3,(H,16,17). The summed E-state index contributed by atoms with van der Waals surface area (Å²) in [6.45, 7) is 3.96. The summed E-state index contributed by atoms with van der Waals surface area (Å²) >= 11 is 0. The third-order valence-electron chi connectivity index (χ3n) is 4.27. The molecule has 0 saturated heterocycles. The largest absolute Gasteiger partial charge is 0.390 e. The molecule has 0 radical (unpaired) electrons. The molecule has 1 fully saturated rings. The topological polar surface area (TPSA) is 95.1 Å². The maximum atomic E-state index is 12.3. The Morgan fingerprint density at radius 2 is 2.19 bits per heavy atom. The second kappa shape index (κ2) is 6.89. The van der Waals surface area contributed by atoms with E-state index >= 15 is 0 Å². The molecule has 0 bridgehead atoms. The minimum atomic E-state index is -3.61. The number of nitrogens with zero attached hydrogens (tertiary/aromatic N) is 1. The van der Waals surface area contributed by atoms with Crippen LogP contribution in [0.25, 0.3) is 0 Å². The van der Waals surface area contributed by atoms with Gasteiger partial charge in [-0.15, -0.1) is 0 Å². The SMILES string of the molecule is Cc1[nH]nc(CO)c1S(=O)(=O)NCCC1CCCC(C)C1. The fourth-order valence-corrected chi connectivity index (χ4v) is 4.62. The highest BCUT2D eigenvalue weighted by atomic mass is 32.2. The zero-order valence-electron chi connectivity index (χ0n) is 12.7. The van der Waals surface area contributed by atoms with Crippen LogP contribution >= 0.6 is 0 Å². The first-order chi connectivity index (χ1) is 9.94. The fourth-order valence-electron chi connectivity index (χ4n) is 3.22. The smallest absolute Gasteiger partial charge is 0.244 e. The number of hydrogen-bond acceptors (Lipinski definition) is 4. The third kappa shape index (κ3) is 4.05. The number of nitrogens with one attached hydrogen (secondary N) is 2. The van der Waals surface area contributed by atoms with Crippen LogP contribution in [-0.4, -0.2) is 30.3 Å². The summed E-state index contributed by atoms with van der Waals surface area (Å²) in [5.74, 6) is 1.36. The van der Waals surface area contributed by atoms with Crippen molar-refractivity contribution >= 4 is 10.0 Å². The molecular weight excluding hydrogens is 290 g/mol. The molecule has 120 valence electrons. The van der Waals surface area contributed by atoms with Gasteiger partial charge in [0.05, 0.1) is 12.3 Å². The molecule has 1 aromatic heterocycles. The molecule has 2 atom stereocenters. The molecule has 2 rings (SSSR count). The van der Waals surface area contributed by atoms with Crippen LogP contribution in [0.3, 0.4) is 0 Å². The lowest BCUT2D eigenvalue weighted by Gasteiger charge is -2.26. The van der Waals surface area contributed by atoms with Gasteiger partial charge in [0, 0.05) is 6.54 Å². The Kier molecular flexibility index (Phi) is 5.40. The molecular formula is C14H25N3O3S. The Hall–Kier alpha value is -0.920. The van der Waals surface area contributed by atoms with Gasteiger partial charge in [-0.3, -0.25) is 5.10 Å². The molecule has 1 aliphatic carbocycles. The van der Waals surface area contributed by atoms with Gasteiger partial charge in [0.2, 0.25) is 10.0 Å². The summed E-state index contributed by atoms with van der Waals surface area (Å²) in [4.78, 5) is 0.0852. The van der Waals surface area contributed by atoms with Crippen LogP contribution in [0.4, 0.5) is 0 Å². The Balaban J connectivity index is 1.94. The van der Waals surface area contributed by atoms with Crippen molar-refractivity contribution in [3.63, 3.8) is 0 Å². The zero-order valence-corrected chi connectivity index (χ0v) is 13.5. The Morgan fingerprint density at radius 1 is 1.43 bits per heavy atom. The van der Waals surface area contributed by atoms with Crippen molar-refractivity contribution < 1.29 is 13.5 Å². The van der Waals surface area contributed by atoms with E-state index in [1.54, 1.807) is 6.92 Å². The number of aromatic nitrogens is 2. The first kappa shape index (κ1) is 16.5. The number of H-pyrrole nitrogens is 1. The predicted molar refractivity (Wildman–Crippen MR) is 80.2 cm³/mol. The minimum absolute atomic E-state index is 0.0852. The normalized spacial score (nSPS) is 23.4. The number of aromatic amines is 1. The number of aliphatic hydroxyl groups is 1. The van der Waals surface area contributed by atoms with E-state index in [0.717, 1.165) is 12.3 Å². The van der Waals surface area contributed by atoms with Crippen LogP contribution < -0.4 is 4.72 Å². The van der Waals surface area contributed by atoms with Crippen LogP contribution in [-0.2, 0) is 16.6 Å². The highest BCUT2D eigenvalue weighted by molar-refractivity contribution is 7.89. The van der Waals surface area contributed by atoms with Gasteiger partial charge in [0.1, 0.15) is 10.6 Å². The summed E-state index contributed by atoms with van der Waals surface area (Å²) in [6.07, 6.45) is 5.78. The third-order valence-corrected chi connectivity index (χ3v) is 5.93. The van der Waals surface area contributed by atoms with E-state index < -0.39 is 10.0 Å². The molecule has 0 aromatic carbocycles. The number of aliphatic hydroxyl groups excluding tert-OH is 1. The fraction of sp³-hybridized carbons (Fsp3) is 0.786. The van der Waals surface area contributed by atoms with Gasteiger partial charge in [-0.05, 0) is 31.6 Å². The van der Waals surface area contributed by atoms with Gasteiger partial charge in [0.25, 0.3) is 0 Å². The molecule has 1 heterocycles. The minimum Gasteiger partial charge on any atom is -0.390 e. The number of hydrogen-bond donors (Lipinski definition) is 3. The molecule has 1 aliphatic rings. The number of sulfonamides is 1. The van der Waals surface area contributed by atoms with E-state index in [0.29, 0.717) is 18.2 Å². The average molecular weight is 315 g/mol. The van der Waals surface area contributed by atoms with Crippen LogP contribution in [0.5, 0.6) is 0 Å². The summed E-state index contributed by atoms with van der Waals surface area (Å²) < 4.78 is 27.3. The van der Waals surface area contributed by atoms with Crippen LogP contribution in [0.1, 0.15) is 50.4 Å². The first-order valence-corrected chi connectivity index (χ1v) is 9.06. The van der Waals surface area contributed by atoms with Crippen molar-refractivity contribution in [2.75, 3.05) is 6.54 Å². The van der Waals surface area contributed by atoms with E-state index in [1.807, 2.05) is 0 Å². The first-order valence-electron chi connectivity index (χ1n) is 7.58.